The topological polar surface area (TPSA) is 37.8 Å². The molecule has 0 spiro atoms. The number of hydrogen-bond acceptors (Lipinski definition) is 3. The third-order valence-electron chi connectivity index (χ3n) is 2.56. The molecule has 17 heavy (non-hydrogen) atoms. The van der Waals surface area contributed by atoms with Crippen LogP contribution in [0.5, 0.6) is 0 Å². The predicted molar refractivity (Wildman–Crippen MR) is 73.9 cm³/mol. The highest BCUT2D eigenvalue weighted by Crippen LogP contribution is 2.14. The Kier molecular flexibility index (Phi) is 6.27. The summed E-state index contributed by atoms with van der Waals surface area (Å²) in [6, 6.07) is 2.04. The molecule has 0 saturated carbocycles. The van der Waals surface area contributed by atoms with Crippen molar-refractivity contribution in [1.29, 1.82) is 0 Å². The molecule has 1 aromatic heterocycles. The SMILES string of the molecule is Cc1cc(C(C)C)nc(NCCCCCCl)n1. The minimum atomic E-state index is 0.438. The summed E-state index contributed by atoms with van der Waals surface area (Å²) in [6.07, 6.45) is 3.34. The largest absolute Gasteiger partial charge is 0.354 e. The van der Waals surface area contributed by atoms with Crippen molar-refractivity contribution >= 4 is 17.5 Å². The number of rotatable bonds is 7. The molecule has 0 aromatic carbocycles. The van der Waals surface area contributed by atoms with Crippen molar-refractivity contribution in [2.75, 3.05) is 17.7 Å². The van der Waals surface area contributed by atoms with E-state index in [9.17, 15) is 0 Å². The predicted octanol–water partition coefficient (Wildman–Crippen LogP) is 3.73. The molecule has 4 heteroatoms. The molecule has 0 unspecified atom stereocenters. The molecule has 1 rings (SSSR count). The minimum Gasteiger partial charge on any atom is -0.354 e. The number of aryl methyl sites for hydroxylation is 1. The number of alkyl halides is 1. The number of hydrogen-bond donors (Lipinski definition) is 1. The minimum absolute atomic E-state index is 0.438. The Balaban J connectivity index is 2.47. The van der Waals surface area contributed by atoms with Crippen LogP contribution in [0, 0.1) is 6.92 Å². The summed E-state index contributed by atoms with van der Waals surface area (Å²) in [4.78, 5) is 8.89. The van der Waals surface area contributed by atoms with Gasteiger partial charge < -0.3 is 5.32 Å². The standard InChI is InChI=1S/C13H22ClN3/c1-10(2)12-9-11(3)16-13(17-12)15-8-6-4-5-7-14/h9-10H,4-8H2,1-3H3,(H,15,16,17). The molecule has 1 heterocycles. The van der Waals surface area contributed by atoms with E-state index in [4.69, 9.17) is 11.6 Å². The first-order valence-corrected chi connectivity index (χ1v) is 6.82. The first kappa shape index (κ1) is 14.2. The molecular formula is C13H22ClN3. The number of unbranched alkanes of at least 4 members (excludes halogenated alkanes) is 2. The molecule has 0 aliphatic rings. The Morgan fingerprint density at radius 1 is 1.24 bits per heavy atom. The summed E-state index contributed by atoms with van der Waals surface area (Å²) in [7, 11) is 0. The molecule has 1 aromatic rings. The summed E-state index contributed by atoms with van der Waals surface area (Å²) < 4.78 is 0. The molecule has 0 fully saturated rings. The second-order valence-electron chi connectivity index (χ2n) is 4.59. The van der Waals surface area contributed by atoms with Gasteiger partial charge in [0.25, 0.3) is 0 Å². The zero-order chi connectivity index (χ0) is 12.7. The van der Waals surface area contributed by atoms with Gasteiger partial charge in [-0.05, 0) is 31.7 Å². The number of aromatic nitrogens is 2. The molecule has 0 atom stereocenters. The molecule has 0 radical (unpaired) electrons. The zero-order valence-corrected chi connectivity index (χ0v) is 11.7. The lowest BCUT2D eigenvalue weighted by atomic mass is 10.1. The van der Waals surface area contributed by atoms with Crippen LogP contribution >= 0.6 is 11.6 Å². The van der Waals surface area contributed by atoms with Crippen molar-refractivity contribution in [3.8, 4) is 0 Å². The zero-order valence-electron chi connectivity index (χ0n) is 11.0. The smallest absolute Gasteiger partial charge is 0.223 e. The van der Waals surface area contributed by atoms with E-state index >= 15 is 0 Å². The normalized spacial score (nSPS) is 10.9. The van der Waals surface area contributed by atoms with Crippen LogP contribution < -0.4 is 5.32 Å². The lowest BCUT2D eigenvalue weighted by Crippen LogP contribution is -2.08. The molecular weight excluding hydrogens is 234 g/mol. The van der Waals surface area contributed by atoms with Gasteiger partial charge in [-0.25, -0.2) is 9.97 Å². The lowest BCUT2D eigenvalue weighted by Gasteiger charge is -2.09. The van der Waals surface area contributed by atoms with E-state index < -0.39 is 0 Å². The Labute approximate surface area is 109 Å². The second-order valence-corrected chi connectivity index (χ2v) is 4.97. The Morgan fingerprint density at radius 3 is 2.65 bits per heavy atom. The van der Waals surface area contributed by atoms with Crippen LogP contribution in [0.25, 0.3) is 0 Å². The average molecular weight is 256 g/mol. The first-order chi connectivity index (χ1) is 8.13. The fraction of sp³-hybridized carbons (Fsp3) is 0.692. The molecule has 0 aliphatic carbocycles. The first-order valence-electron chi connectivity index (χ1n) is 6.29. The van der Waals surface area contributed by atoms with Gasteiger partial charge in [0.15, 0.2) is 0 Å². The maximum atomic E-state index is 5.63. The Morgan fingerprint density at radius 2 is 2.00 bits per heavy atom. The van der Waals surface area contributed by atoms with Crippen LogP contribution in [-0.2, 0) is 0 Å². The third kappa shape index (κ3) is 5.35. The molecule has 0 bridgehead atoms. The highest BCUT2D eigenvalue weighted by Gasteiger charge is 2.05. The number of nitrogens with one attached hydrogen (secondary N) is 1. The van der Waals surface area contributed by atoms with Crippen molar-refractivity contribution in [3.63, 3.8) is 0 Å². The number of nitrogens with zero attached hydrogens (tertiary/aromatic N) is 2. The van der Waals surface area contributed by atoms with Crippen LogP contribution in [0.3, 0.4) is 0 Å². The van der Waals surface area contributed by atoms with Crippen LogP contribution in [0.4, 0.5) is 5.95 Å². The lowest BCUT2D eigenvalue weighted by molar-refractivity contribution is 0.740. The molecule has 1 N–H and O–H groups in total. The van der Waals surface area contributed by atoms with Gasteiger partial charge in [-0.15, -0.1) is 11.6 Å². The van der Waals surface area contributed by atoms with E-state index in [1.165, 1.54) is 0 Å². The van der Waals surface area contributed by atoms with E-state index in [0.29, 0.717) is 5.92 Å². The monoisotopic (exact) mass is 255 g/mol. The average Bonchev–Trinajstić information content (AvgIpc) is 2.28. The molecule has 96 valence electrons. The maximum Gasteiger partial charge on any atom is 0.223 e. The van der Waals surface area contributed by atoms with Crippen LogP contribution in [0.2, 0.25) is 0 Å². The van der Waals surface area contributed by atoms with E-state index in [1.54, 1.807) is 0 Å². The fourth-order valence-corrected chi connectivity index (χ4v) is 1.75. The van der Waals surface area contributed by atoms with Crippen molar-refractivity contribution in [2.45, 2.75) is 46.0 Å². The summed E-state index contributed by atoms with van der Waals surface area (Å²) in [5.74, 6) is 1.94. The van der Waals surface area contributed by atoms with Gasteiger partial charge in [0.1, 0.15) is 0 Å². The summed E-state index contributed by atoms with van der Waals surface area (Å²) in [5, 5.41) is 3.27. The van der Waals surface area contributed by atoms with Gasteiger partial charge in [-0.3, -0.25) is 0 Å². The van der Waals surface area contributed by atoms with E-state index in [0.717, 1.165) is 49.0 Å². The van der Waals surface area contributed by atoms with Gasteiger partial charge in [-0.1, -0.05) is 20.3 Å². The summed E-state index contributed by atoms with van der Waals surface area (Å²) in [5.41, 5.74) is 2.12. The van der Waals surface area contributed by atoms with Crippen LogP contribution in [0.1, 0.15) is 50.4 Å². The van der Waals surface area contributed by atoms with E-state index in [-0.39, 0.29) is 0 Å². The number of halogens is 1. The third-order valence-corrected chi connectivity index (χ3v) is 2.83. The quantitative estimate of drug-likeness (QED) is 0.596. The molecule has 3 nitrogen and oxygen atoms in total. The summed E-state index contributed by atoms with van der Waals surface area (Å²) in [6.45, 7) is 7.21. The highest BCUT2D eigenvalue weighted by molar-refractivity contribution is 6.17. The van der Waals surface area contributed by atoms with Gasteiger partial charge in [0, 0.05) is 23.8 Å². The van der Waals surface area contributed by atoms with Gasteiger partial charge in [0.05, 0.1) is 0 Å². The molecule has 0 saturated heterocycles. The van der Waals surface area contributed by atoms with Crippen molar-refractivity contribution < 1.29 is 0 Å². The maximum absolute atomic E-state index is 5.63. The Hall–Kier alpha value is -0.830. The van der Waals surface area contributed by atoms with Crippen LogP contribution in [0.15, 0.2) is 6.07 Å². The van der Waals surface area contributed by atoms with Gasteiger partial charge in [-0.2, -0.15) is 0 Å². The summed E-state index contributed by atoms with van der Waals surface area (Å²) >= 11 is 5.63. The van der Waals surface area contributed by atoms with Crippen molar-refractivity contribution in [3.05, 3.63) is 17.5 Å². The van der Waals surface area contributed by atoms with Crippen molar-refractivity contribution in [1.82, 2.24) is 9.97 Å². The van der Waals surface area contributed by atoms with Crippen molar-refractivity contribution in [2.24, 2.45) is 0 Å². The van der Waals surface area contributed by atoms with E-state index in [1.807, 2.05) is 13.0 Å². The van der Waals surface area contributed by atoms with Crippen LogP contribution in [-0.4, -0.2) is 22.4 Å². The highest BCUT2D eigenvalue weighted by atomic mass is 35.5. The van der Waals surface area contributed by atoms with E-state index in [2.05, 4.69) is 29.1 Å². The molecule has 0 aliphatic heterocycles. The van der Waals surface area contributed by atoms with Gasteiger partial charge >= 0.3 is 0 Å². The number of anilines is 1. The van der Waals surface area contributed by atoms with Gasteiger partial charge in [0.2, 0.25) is 5.95 Å². The second kappa shape index (κ2) is 7.49. The fourth-order valence-electron chi connectivity index (χ4n) is 1.56. The molecule has 0 amide bonds. The Bertz CT molecular complexity index is 339.